The first-order valence-corrected chi connectivity index (χ1v) is 12.7. The maximum Gasteiger partial charge on any atom is 0.263 e. The zero-order valence-electron chi connectivity index (χ0n) is 17.8. The molecule has 0 aliphatic heterocycles. The summed E-state index contributed by atoms with van der Waals surface area (Å²) in [6, 6.07) is 13.4. The number of benzene rings is 2. The number of sulfonamides is 2. The molecule has 170 valence electrons. The van der Waals surface area contributed by atoms with E-state index in [1.165, 1.54) is 43.8 Å². The minimum atomic E-state index is -3.94. The van der Waals surface area contributed by atoms with E-state index in [2.05, 4.69) is 33.3 Å². The molecule has 3 rings (SSSR count). The van der Waals surface area contributed by atoms with E-state index >= 15 is 0 Å². The summed E-state index contributed by atoms with van der Waals surface area (Å²) in [6.45, 7) is 4.19. The molecule has 0 unspecified atom stereocenters. The number of hydrogen-bond acceptors (Lipinski definition) is 7. The number of hydrogen-bond donors (Lipinski definition) is 2. The SMILES string of the molecule is COc1cc(NS(=O)(=O)c2ccc(NS(=O)(=O)c3ccc(CC(C)C)cc3)cc2)ncn1. The zero-order valence-corrected chi connectivity index (χ0v) is 19.4. The number of rotatable bonds is 9. The van der Waals surface area contributed by atoms with Gasteiger partial charge in [0.05, 0.1) is 16.9 Å². The van der Waals surface area contributed by atoms with Crippen molar-refractivity contribution < 1.29 is 21.6 Å². The number of nitrogens with zero attached hydrogens (tertiary/aromatic N) is 2. The molecule has 0 aliphatic rings. The monoisotopic (exact) mass is 476 g/mol. The molecule has 1 aromatic heterocycles. The third-order valence-corrected chi connectivity index (χ3v) is 7.15. The summed E-state index contributed by atoms with van der Waals surface area (Å²) in [5.41, 5.74) is 1.29. The van der Waals surface area contributed by atoms with Crippen LogP contribution in [-0.4, -0.2) is 33.9 Å². The first kappa shape index (κ1) is 23.5. The Bertz CT molecular complexity index is 1270. The van der Waals surface area contributed by atoms with E-state index in [9.17, 15) is 16.8 Å². The van der Waals surface area contributed by atoms with E-state index in [1.54, 1.807) is 24.3 Å². The number of aromatic nitrogens is 2. The normalized spacial score (nSPS) is 11.9. The van der Waals surface area contributed by atoms with E-state index in [0.29, 0.717) is 5.92 Å². The van der Waals surface area contributed by atoms with Crippen molar-refractivity contribution in [2.24, 2.45) is 5.92 Å². The molecule has 0 saturated heterocycles. The lowest BCUT2D eigenvalue weighted by atomic mass is 10.0. The molecule has 0 saturated carbocycles. The highest BCUT2D eigenvalue weighted by molar-refractivity contribution is 7.93. The van der Waals surface area contributed by atoms with Gasteiger partial charge >= 0.3 is 0 Å². The topological polar surface area (TPSA) is 127 Å². The van der Waals surface area contributed by atoms with E-state index in [4.69, 9.17) is 4.74 Å². The molecule has 9 nitrogen and oxygen atoms in total. The Balaban J connectivity index is 1.73. The fraction of sp³-hybridized carbons (Fsp3) is 0.238. The third-order valence-electron chi connectivity index (χ3n) is 4.38. The molecule has 32 heavy (non-hydrogen) atoms. The minimum Gasteiger partial charge on any atom is -0.481 e. The standard InChI is InChI=1S/C21H24N4O5S2/c1-15(2)12-16-4-8-18(9-5-16)31(26,27)24-17-6-10-19(11-7-17)32(28,29)25-20-13-21(30-3)23-14-22-20/h4-11,13-15,24H,12H2,1-3H3,(H,22,23,25). The van der Waals surface area contributed by atoms with E-state index in [1.807, 2.05) is 0 Å². The van der Waals surface area contributed by atoms with Crippen LogP contribution in [0.4, 0.5) is 11.5 Å². The van der Waals surface area contributed by atoms with Gasteiger partial charge < -0.3 is 4.74 Å². The first-order valence-electron chi connectivity index (χ1n) is 9.70. The lowest BCUT2D eigenvalue weighted by Gasteiger charge is -2.11. The van der Waals surface area contributed by atoms with Crippen LogP contribution in [0.25, 0.3) is 0 Å². The van der Waals surface area contributed by atoms with Crippen LogP contribution in [0.15, 0.2) is 70.7 Å². The van der Waals surface area contributed by atoms with Crippen LogP contribution in [0.5, 0.6) is 5.88 Å². The summed E-state index contributed by atoms with van der Waals surface area (Å²) < 4.78 is 60.2. The number of ether oxygens (including phenoxy) is 1. The number of anilines is 2. The molecule has 11 heteroatoms. The van der Waals surface area contributed by atoms with Gasteiger partial charge in [0.15, 0.2) is 0 Å². The Kier molecular flexibility index (Phi) is 6.99. The number of nitrogens with one attached hydrogen (secondary N) is 2. The van der Waals surface area contributed by atoms with E-state index in [-0.39, 0.29) is 27.2 Å². The molecule has 0 bridgehead atoms. The van der Waals surface area contributed by atoms with Gasteiger partial charge in [0, 0.05) is 11.8 Å². The van der Waals surface area contributed by atoms with Crippen molar-refractivity contribution >= 4 is 31.6 Å². The van der Waals surface area contributed by atoms with Gasteiger partial charge in [-0.25, -0.2) is 26.8 Å². The predicted molar refractivity (Wildman–Crippen MR) is 122 cm³/mol. The molecule has 3 aromatic rings. The van der Waals surface area contributed by atoms with Gasteiger partial charge in [-0.3, -0.25) is 9.44 Å². The quantitative estimate of drug-likeness (QED) is 0.485. The highest BCUT2D eigenvalue weighted by Crippen LogP contribution is 2.21. The second kappa shape index (κ2) is 9.53. The van der Waals surface area contributed by atoms with Crippen LogP contribution in [0, 0.1) is 5.92 Å². The molecule has 0 fully saturated rings. The van der Waals surface area contributed by atoms with Crippen LogP contribution in [0.3, 0.4) is 0 Å². The zero-order chi connectivity index (χ0) is 23.4. The summed E-state index contributed by atoms with van der Waals surface area (Å²) in [6.07, 6.45) is 2.03. The molecule has 2 N–H and O–H groups in total. The van der Waals surface area contributed by atoms with Crippen molar-refractivity contribution in [1.29, 1.82) is 0 Å². The lowest BCUT2D eigenvalue weighted by Crippen LogP contribution is -2.15. The minimum absolute atomic E-state index is 0.0440. The molecular formula is C21H24N4O5S2. The largest absolute Gasteiger partial charge is 0.481 e. The van der Waals surface area contributed by atoms with Crippen LogP contribution >= 0.6 is 0 Å². The van der Waals surface area contributed by atoms with Gasteiger partial charge in [-0.15, -0.1) is 0 Å². The van der Waals surface area contributed by atoms with Crippen LogP contribution in [0.2, 0.25) is 0 Å². The lowest BCUT2D eigenvalue weighted by molar-refractivity contribution is 0.397. The average molecular weight is 477 g/mol. The molecule has 0 atom stereocenters. The van der Waals surface area contributed by atoms with Gasteiger partial charge in [0.25, 0.3) is 20.0 Å². The van der Waals surface area contributed by atoms with Crippen LogP contribution in [0.1, 0.15) is 19.4 Å². The maximum absolute atomic E-state index is 12.7. The number of methoxy groups -OCH3 is 1. The summed E-state index contributed by atoms with van der Waals surface area (Å²) in [5, 5.41) is 0. The van der Waals surface area contributed by atoms with Gasteiger partial charge in [-0.2, -0.15) is 0 Å². The summed E-state index contributed by atoms with van der Waals surface area (Å²) in [5.74, 6) is 0.721. The molecule has 1 heterocycles. The fourth-order valence-corrected chi connectivity index (χ4v) is 4.95. The molecule has 0 radical (unpaired) electrons. The summed E-state index contributed by atoms with van der Waals surface area (Å²) >= 11 is 0. The smallest absolute Gasteiger partial charge is 0.263 e. The van der Waals surface area contributed by atoms with Gasteiger partial charge in [-0.05, 0) is 54.3 Å². The van der Waals surface area contributed by atoms with Crippen LogP contribution < -0.4 is 14.2 Å². The highest BCUT2D eigenvalue weighted by Gasteiger charge is 2.18. The van der Waals surface area contributed by atoms with Crippen molar-refractivity contribution in [2.45, 2.75) is 30.1 Å². The Morgan fingerprint density at radius 3 is 1.97 bits per heavy atom. The molecule has 0 aliphatic carbocycles. The van der Waals surface area contributed by atoms with Crippen molar-refractivity contribution in [3.8, 4) is 5.88 Å². The Morgan fingerprint density at radius 1 is 0.844 bits per heavy atom. The van der Waals surface area contributed by atoms with Crippen molar-refractivity contribution in [1.82, 2.24) is 9.97 Å². The second-order valence-corrected chi connectivity index (χ2v) is 10.8. The van der Waals surface area contributed by atoms with Crippen molar-refractivity contribution in [3.05, 3.63) is 66.5 Å². The Hall–Kier alpha value is -3.18. The van der Waals surface area contributed by atoms with Gasteiger partial charge in [0.2, 0.25) is 5.88 Å². The first-order chi connectivity index (χ1) is 15.1. The molecule has 0 spiro atoms. The van der Waals surface area contributed by atoms with Crippen molar-refractivity contribution in [2.75, 3.05) is 16.6 Å². The average Bonchev–Trinajstić information content (AvgIpc) is 2.73. The Labute approximate surface area is 188 Å². The summed E-state index contributed by atoms with van der Waals surface area (Å²) in [4.78, 5) is 7.73. The maximum atomic E-state index is 12.7. The van der Waals surface area contributed by atoms with Gasteiger partial charge in [-0.1, -0.05) is 26.0 Å². The second-order valence-electron chi connectivity index (χ2n) is 7.42. The molecule has 2 aromatic carbocycles. The summed E-state index contributed by atoms with van der Waals surface area (Å²) in [7, 11) is -6.34. The third kappa shape index (κ3) is 5.95. The van der Waals surface area contributed by atoms with E-state index in [0.717, 1.165) is 12.0 Å². The highest BCUT2D eigenvalue weighted by atomic mass is 32.2. The fourth-order valence-electron chi connectivity index (χ4n) is 2.90. The Morgan fingerprint density at radius 2 is 1.41 bits per heavy atom. The molecule has 0 amide bonds. The molecular weight excluding hydrogens is 452 g/mol. The van der Waals surface area contributed by atoms with Gasteiger partial charge in [0.1, 0.15) is 12.1 Å². The predicted octanol–water partition coefficient (Wildman–Crippen LogP) is 3.29. The van der Waals surface area contributed by atoms with Crippen molar-refractivity contribution in [3.63, 3.8) is 0 Å². The van der Waals surface area contributed by atoms with E-state index < -0.39 is 20.0 Å². The van der Waals surface area contributed by atoms with Crippen LogP contribution in [-0.2, 0) is 26.5 Å².